The first-order valence-electron chi connectivity index (χ1n) is 6.96. The minimum absolute atomic E-state index is 0.157. The molecule has 0 amide bonds. The fourth-order valence-electron chi connectivity index (χ4n) is 2.07. The lowest BCUT2D eigenvalue weighted by Gasteiger charge is -2.39. The van der Waals surface area contributed by atoms with E-state index in [1.165, 1.54) is 7.11 Å². The molecule has 1 rings (SSSR count). The maximum absolute atomic E-state index is 12.2. The highest BCUT2D eigenvalue weighted by Gasteiger charge is 2.45. The van der Waals surface area contributed by atoms with Crippen molar-refractivity contribution in [1.82, 2.24) is 3.94 Å². The van der Waals surface area contributed by atoms with Gasteiger partial charge in [-0.15, -0.1) is 3.94 Å². The van der Waals surface area contributed by atoms with E-state index in [1.807, 2.05) is 0 Å². The fraction of sp³-hybridized carbons (Fsp3) is 1.00. The van der Waals surface area contributed by atoms with Gasteiger partial charge in [0.1, 0.15) is 24.4 Å². The summed E-state index contributed by atoms with van der Waals surface area (Å²) >= 11 is 11.3. The van der Waals surface area contributed by atoms with Crippen LogP contribution in [0.5, 0.6) is 0 Å². The molecule has 11 heteroatoms. The van der Waals surface area contributed by atoms with Gasteiger partial charge in [0.25, 0.3) is 0 Å². The molecule has 0 bridgehead atoms. The normalized spacial score (nSPS) is 33.2. The first-order valence-corrected chi connectivity index (χ1v) is 9.45. The minimum atomic E-state index is -3.63. The van der Waals surface area contributed by atoms with Crippen molar-refractivity contribution in [3.05, 3.63) is 0 Å². The average molecular weight is 396 g/mol. The zero-order valence-electron chi connectivity index (χ0n) is 13.1. The fourth-order valence-corrected chi connectivity index (χ4v) is 3.99. The van der Waals surface area contributed by atoms with E-state index in [2.05, 4.69) is 0 Å². The Morgan fingerprint density at radius 3 is 2.22 bits per heavy atom. The monoisotopic (exact) mass is 395 g/mol. The van der Waals surface area contributed by atoms with E-state index in [4.69, 9.17) is 33.0 Å². The van der Waals surface area contributed by atoms with E-state index in [-0.39, 0.29) is 12.2 Å². The molecule has 138 valence electrons. The van der Waals surface area contributed by atoms with Gasteiger partial charge in [0.05, 0.1) is 11.5 Å². The molecule has 0 spiro atoms. The van der Waals surface area contributed by atoms with Crippen LogP contribution in [0.2, 0.25) is 0 Å². The van der Waals surface area contributed by atoms with Gasteiger partial charge in [-0.25, -0.2) is 8.42 Å². The Morgan fingerprint density at radius 1 is 1.17 bits per heavy atom. The predicted molar refractivity (Wildman–Crippen MR) is 84.6 cm³/mol. The van der Waals surface area contributed by atoms with Crippen molar-refractivity contribution in [1.29, 1.82) is 0 Å². The van der Waals surface area contributed by atoms with E-state index in [9.17, 15) is 23.7 Å². The lowest BCUT2D eigenvalue weighted by molar-refractivity contribution is -0.285. The van der Waals surface area contributed by atoms with Crippen molar-refractivity contribution in [2.45, 2.75) is 56.5 Å². The standard InChI is InChI=1S/C12H23Cl2NO7S/c1-12(2,15(13)14)4-5-23(19,20)6-7-8(16)9(17)10(18)11(21-3)22-7/h7-11,16-18H,4-6H2,1-3H3/t7-,8-,9+,10-,11+/m1/s1. The average Bonchev–Trinajstić information content (AvgIpc) is 2.46. The summed E-state index contributed by atoms with van der Waals surface area (Å²) in [7, 11) is -2.39. The number of aliphatic hydroxyl groups is 3. The summed E-state index contributed by atoms with van der Waals surface area (Å²) in [5, 5.41) is 29.3. The van der Waals surface area contributed by atoms with Crippen LogP contribution in [0.15, 0.2) is 0 Å². The van der Waals surface area contributed by atoms with E-state index in [0.29, 0.717) is 0 Å². The molecule has 0 aliphatic carbocycles. The molecule has 1 heterocycles. The second-order valence-electron chi connectivity index (χ2n) is 6.16. The van der Waals surface area contributed by atoms with Crippen LogP contribution >= 0.6 is 23.6 Å². The quantitative estimate of drug-likeness (QED) is 0.500. The number of methoxy groups -OCH3 is 1. The van der Waals surface area contributed by atoms with Crippen LogP contribution in [0.3, 0.4) is 0 Å². The smallest absolute Gasteiger partial charge is 0.186 e. The van der Waals surface area contributed by atoms with Crippen LogP contribution < -0.4 is 0 Å². The Hall–Kier alpha value is 0.290. The molecule has 3 N–H and O–H groups in total. The molecule has 0 unspecified atom stereocenters. The van der Waals surface area contributed by atoms with Crippen LogP contribution in [0.4, 0.5) is 0 Å². The van der Waals surface area contributed by atoms with Crippen molar-refractivity contribution >= 4 is 33.4 Å². The molecular weight excluding hydrogens is 373 g/mol. The van der Waals surface area contributed by atoms with Crippen LogP contribution in [0, 0.1) is 0 Å². The summed E-state index contributed by atoms with van der Waals surface area (Å²) in [5.74, 6) is -0.767. The first kappa shape index (κ1) is 21.3. The summed E-state index contributed by atoms with van der Waals surface area (Å²) in [4.78, 5) is 0. The number of ether oxygens (including phenoxy) is 2. The van der Waals surface area contributed by atoms with Gasteiger partial charge in [0.15, 0.2) is 16.1 Å². The molecule has 0 aromatic heterocycles. The third-order valence-electron chi connectivity index (χ3n) is 3.80. The van der Waals surface area contributed by atoms with E-state index in [0.717, 1.165) is 3.94 Å². The zero-order chi connectivity index (χ0) is 18.0. The number of rotatable bonds is 7. The summed E-state index contributed by atoms with van der Waals surface area (Å²) < 4.78 is 35.4. The Balaban J connectivity index is 2.73. The number of sulfone groups is 1. The predicted octanol–water partition coefficient (Wildman–Crippen LogP) is -0.367. The van der Waals surface area contributed by atoms with Gasteiger partial charge >= 0.3 is 0 Å². The molecule has 0 aromatic carbocycles. The van der Waals surface area contributed by atoms with Gasteiger partial charge in [-0.3, -0.25) is 0 Å². The summed E-state index contributed by atoms with van der Waals surface area (Å²) in [6.07, 6.45) is -6.85. The molecule has 23 heavy (non-hydrogen) atoms. The summed E-state index contributed by atoms with van der Waals surface area (Å²) in [6.45, 7) is 3.35. The number of halogens is 2. The van der Waals surface area contributed by atoms with E-state index in [1.54, 1.807) is 13.8 Å². The van der Waals surface area contributed by atoms with Gasteiger partial charge in [-0.1, -0.05) is 0 Å². The Labute approximate surface area is 146 Å². The van der Waals surface area contributed by atoms with Gasteiger partial charge in [0, 0.05) is 12.6 Å². The van der Waals surface area contributed by atoms with E-state index >= 15 is 0 Å². The first-order chi connectivity index (χ1) is 10.4. The zero-order valence-corrected chi connectivity index (χ0v) is 15.4. The third kappa shape index (κ3) is 5.65. The third-order valence-corrected chi connectivity index (χ3v) is 6.38. The lowest BCUT2D eigenvalue weighted by Crippen LogP contribution is -2.59. The highest BCUT2D eigenvalue weighted by molar-refractivity contribution is 7.91. The molecule has 1 saturated heterocycles. The van der Waals surface area contributed by atoms with Gasteiger partial charge < -0.3 is 24.8 Å². The lowest BCUT2D eigenvalue weighted by atomic mass is 10.00. The van der Waals surface area contributed by atoms with Crippen molar-refractivity contribution in [2.24, 2.45) is 0 Å². The SMILES string of the molecule is CO[C@H]1O[C@H](CS(=O)(=O)CCC(C)(C)N(Cl)Cl)[C@@H](O)[C@H](O)[C@H]1O. The molecule has 1 aliphatic rings. The molecule has 8 nitrogen and oxygen atoms in total. The topological polar surface area (TPSA) is 117 Å². The maximum Gasteiger partial charge on any atom is 0.186 e. The van der Waals surface area contributed by atoms with Crippen LogP contribution in [-0.2, 0) is 19.3 Å². The van der Waals surface area contributed by atoms with Crippen LogP contribution in [0.1, 0.15) is 20.3 Å². The Morgan fingerprint density at radius 2 is 1.74 bits per heavy atom. The maximum atomic E-state index is 12.2. The highest BCUT2D eigenvalue weighted by atomic mass is 35.5. The summed E-state index contributed by atoms with van der Waals surface area (Å²) in [5.41, 5.74) is -0.757. The van der Waals surface area contributed by atoms with Crippen molar-refractivity contribution in [3.8, 4) is 0 Å². The molecule has 0 aromatic rings. The molecule has 1 aliphatic heterocycles. The van der Waals surface area contributed by atoms with Gasteiger partial charge in [-0.05, 0) is 43.8 Å². The number of hydrogen-bond acceptors (Lipinski definition) is 8. The molecule has 0 saturated carbocycles. The molecule has 0 radical (unpaired) electrons. The number of nitrogens with zero attached hydrogens (tertiary/aromatic N) is 1. The van der Waals surface area contributed by atoms with Crippen molar-refractivity contribution in [3.63, 3.8) is 0 Å². The second-order valence-corrected chi connectivity index (χ2v) is 9.24. The minimum Gasteiger partial charge on any atom is -0.388 e. The highest BCUT2D eigenvalue weighted by Crippen LogP contribution is 2.26. The Kier molecular flexibility index (Phi) is 7.52. The Bertz CT molecular complexity index is 486. The second kappa shape index (κ2) is 8.11. The number of aliphatic hydroxyl groups excluding tert-OH is 3. The van der Waals surface area contributed by atoms with Crippen molar-refractivity contribution in [2.75, 3.05) is 18.6 Å². The molecular formula is C12H23Cl2NO7S. The van der Waals surface area contributed by atoms with Crippen LogP contribution in [0.25, 0.3) is 0 Å². The van der Waals surface area contributed by atoms with Gasteiger partial charge in [-0.2, -0.15) is 0 Å². The number of hydrogen-bond donors (Lipinski definition) is 3. The molecule has 1 fully saturated rings. The van der Waals surface area contributed by atoms with E-state index < -0.39 is 51.8 Å². The summed E-state index contributed by atoms with van der Waals surface area (Å²) in [6, 6.07) is 0. The molecule has 5 atom stereocenters. The van der Waals surface area contributed by atoms with Crippen molar-refractivity contribution < 1.29 is 33.2 Å². The van der Waals surface area contributed by atoms with Crippen LogP contribution in [-0.4, -0.2) is 82.5 Å². The largest absolute Gasteiger partial charge is 0.388 e. The van der Waals surface area contributed by atoms with Gasteiger partial charge in [0.2, 0.25) is 0 Å².